The Bertz CT molecular complexity index is 183. The molecule has 4 nitrogen and oxygen atoms in total. The van der Waals surface area contributed by atoms with Gasteiger partial charge >= 0.3 is 0 Å². The van der Waals surface area contributed by atoms with Crippen molar-refractivity contribution in [1.29, 1.82) is 0 Å². The Morgan fingerprint density at radius 1 is 1.42 bits per heavy atom. The van der Waals surface area contributed by atoms with E-state index in [9.17, 15) is 0 Å². The molecule has 0 saturated carbocycles. The summed E-state index contributed by atoms with van der Waals surface area (Å²) < 4.78 is 0. The molecule has 4 heteroatoms. The van der Waals surface area contributed by atoms with Crippen molar-refractivity contribution in [2.24, 2.45) is 0 Å². The van der Waals surface area contributed by atoms with E-state index in [0.29, 0.717) is 0 Å². The minimum absolute atomic E-state index is 0.866. The lowest BCUT2D eigenvalue weighted by Gasteiger charge is -2.02. The second kappa shape index (κ2) is 5.74. The van der Waals surface area contributed by atoms with Crippen LogP contribution in [0.3, 0.4) is 0 Å². The van der Waals surface area contributed by atoms with Crippen LogP contribution in [0.4, 0.5) is 0 Å². The summed E-state index contributed by atoms with van der Waals surface area (Å²) in [4.78, 5) is 0. The van der Waals surface area contributed by atoms with Crippen molar-refractivity contribution in [2.45, 2.75) is 13.5 Å². The second-order valence-corrected chi connectivity index (χ2v) is 2.61. The third-order valence-electron chi connectivity index (χ3n) is 1.60. The van der Waals surface area contributed by atoms with Crippen LogP contribution in [0.2, 0.25) is 0 Å². The predicted octanol–water partition coefficient (Wildman–Crippen LogP) is 0.109. The van der Waals surface area contributed by atoms with Gasteiger partial charge in [-0.1, -0.05) is 6.92 Å². The molecule has 1 rings (SSSR count). The molecule has 1 heterocycles. The number of hydrogen-bond acceptors (Lipinski definition) is 3. The zero-order chi connectivity index (χ0) is 8.65. The van der Waals surface area contributed by atoms with Crippen molar-refractivity contribution in [1.82, 2.24) is 20.8 Å². The van der Waals surface area contributed by atoms with E-state index in [2.05, 4.69) is 27.8 Å². The average Bonchev–Trinajstić information content (AvgIpc) is 2.57. The lowest BCUT2D eigenvalue weighted by Crippen LogP contribution is -2.26. The number of nitrogens with zero attached hydrogens (tertiary/aromatic N) is 1. The van der Waals surface area contributed by atoms with Gasteiger partial charge in [-0.05, 0) is 12.6 Å². The van der Waals surface area contributed by atoms with Gasteiger partial charge in [0, 0.05) is 31.5 Å². The highest BCUT2D eigenvalue weighted by Gasteiger charge is 1.90. The third-order valence-corrected chi connectivity index (χ3v) is 1.60. The van der Waals surface area contributed by atoms with E-state index in [1.165, 1.54) is 0 Å². The van der Waals surface area contributed by atoms with Crippen LogP contribution in [-0.2, 0) is 6.54 Å². The maximum Gasteiger partial charge on any atom is 0.0490 e. The SMILES string of the molecule is CCNCCNCc1ccn[nH]1. The molecule has 0 amide bonds. The molecule has 0 aliphatic rings. The first-order valence-electron chi connectivity index (χ1n) is 4.33. The topological polar surface area (TPSA) is 52.7 Å². The van der Waals surface area contributed by atoms with Crippen molar-refractivity contribution in [3.63, 3.8) is 0 Å². The van der Waals surface area contributed by atoms with E-state index in [1.807, 2.05) is 6.07 Å². The van der Waals surface area contributed by atoms with Crippen LogP contribution < -0.4 is 10.6 Å². The Hall–Kier alpha value is -0.870. The molecule has 68 valence electrons. The van der Waals surface area contributed by atoms with E-state index in [0.717, 1.165) is 31.9 Å². The largest absolute Gasteiger partial charge is 0.316 e. The van der Waals surface area contributed by atoms with Crippen molar-refractivity contribution in [3.8, 4) is 0 Å². The van der Waals surface area contributed by atoms with Gasteiger partial charge in [0.15, 0.2) is 0 Å². The number of aromatic nitrogens is 2. The first-order valence-corrected chi connectivity index (χ1v) is 4.33. The number of aromatic amines is 1. The van der Waals surface area contributed by atoms with Crippen molar-refractivity contribution in [3.05, 3.63) is 18.0 Å². The summed E-state index contributed by atoms with van der Waals surface area (Å²) >= 11 is 0. The lowest BCUT2D eigenvalue weighted by molar-refractivity contribution is 0.618. The van der Waals surface area contributed by atoms with Gasteiger partial charge < -0.3 is 10.6 Å². The summed E-state index contributed by atoms with van der Waals surface area (Å²) in [7, 11) is 0. The Morgan fingerprint density at radius 2 is 2.25 bits per heavy atom. The predicted molar refractivity (Wildman–Crippen MR) is 48.8 cm³/mol. The van der Waals surface area contributed by atoms with Crippen LogP contribution in [0.15, 0.2) is 12.3 Å². The first-order chi connectivity index (χ1) is 5.93. The van der Waals surface area contributed by atoms with Gasteiger partial charge in [0.05, 0.1) is 0 Å². The standard InChI is InChI=1S/C8H16N4/c1-2-9-5-6-10-7-8-3-4-11-12-8/h3-4,9-10H,2,5-7H2,1H3,(H,11,12). The zero-order valence-electron chi connectivity index (χ0n) is 7.43. The fraction of sp³-hybridized carbons (Fsp3) is 0.625. The first kappa shape index (κ1) is 9.22. The summed E-state index contributed by atoms with van der Waals surface area (Å²) in [5.41, 5.74) is 1.13. The van der Waals surface area contributed by atoms with Crippen LogP contribution in [0.25, 0.3) is 0 Å². The summed E-state index contributed by atoms with van der Waals surface area (Å²) in [6.45, 7) is 6.02. The molecule has 12 heavy (non-hydrogen) atoms. The summed E-state index contributed by atoms with van der Waals surface area (Å²) in [5.74, 6) is 0. The minimum atomic E-state index is 0.866. The van der Waals surface area contributed by atoms with Crippen molar-refractivity contribution >= 4 is 0 Å². The molecule has 0 radical (unpaired) electrons. The van der Waals surface area contributed by atoms with Gasteiger partial charge in [-0.2, -0.15) is 5.10 Å². The van der Waals surface area contributed by atoms with Crippen LogP contribution >= 0.6 is 0 Å². The smallest absolute Gasteiger partial charge is 0.0490 e. The van der Waals surface area contributed by atoms with Crippen LogP contribution in [0.1, 0.15) is 12.6 Å². The molecule has 0 atom stereocenters. The van der Waals surface area contributed by atoms with E-state index in [1.54, 1.807) is 6.20 Å². The van der Waals surface area contributed by atoms with Gasteiger partial charge in [-0.15, -0.1) is 0 Å². The minimum Gasteiger partial charge on any atom is -0.316 e. The number of hydrogen-bond donors (Lipinski definition) is 3. The molecule has 0 aliphatic heterocycles. The molecule has 0 aromatic carbocycles. The van der Waals surface area contributed by atoms with Gasteiger partial charge in [-0.3, -0.25) is 5.10 Å². The average molecular weight is 168 g/mol. The zero-order valence-corrected chi connectivity index (χ0v) is 7.43. The Kier molecular flexibility index (Phi) is 4.41. The number of H-pyrrole nitrogens is 1. The van der Waals surface area contributed by atoms with E-state index in [4.69, 9.17) is 0 Å². The summed E-state index contributed by atoms with van der Waals surface area (Å²) in [5, 5.41) is 13.3. The quantitative estimate of drug-likeness (QED) is 0.528. The van der Waals surface area contributed by atoms with Gasteiger partial charge in [0.2, 0.25) is 0 Å². The van der Waals surface area contributed by atoms with Crippen LogP contribution in [-0.4, -0.2) is 29.8 Å². The molecule has 0 saturated heterocycles. The van der Waals surface area contributed by atoms with Gasteiger partial charge in [0.25, 0.3) is 0 Å². The molecule has 3 N–H and O–H groups in total. The number of likely N-dealkylation sites (N-methyl/N-ethyl adjacent to an activating group) is 1. The van der Waals surface area contributed by atoms with Crippen LogP contribution in [0, 0.1) is 0 Å². The maximum atomic E-state index is 3.86. The molecule has 0 fully saturated rings. The highest BCUT2D eigenvalue weighted by molar-refractivity contribution is 4.96. The normalized spacial score (nSPS) is 10.4. The van der Waals surface area contributed by atoms with Crippen molar-refractivity contribution in [2.75, 3.05) is 19.6 Å². The fourth-order valence-electron chi connectivity index (χ4n) is 0.960. The molecule has 1 aromatic rings. The second-order valence-electron chi connectivity index (χ2n) is 2.61. The molecule has 0 bridgehead atoms. The third kappa shape index (κ3) is 3.50. The summed E-state index contributed by atoms with van der Waals surface area (Å²) in [6.07, 6.45) is 1.77. The molecule has 0 unspecified atom stereocenters. The van der Waals surface area contributed by atoms with Crippen molar-refractivity contribution < 1.29 is 0 Å². The molecule has 0 aliphatic carbocycles. The Morgan fingerprint density at radius 3 is 2.92 bits per heavy atom. The van der Waals surface area contributed by atoms with Gasteiger partial charge in [0.1, 0.15) is 0 Å². The monoisotopic (exact) mass is 168 g/mol. The number of nitrogens with one attached hydrogen (secondary N) is 3. The molecule has 0 spiro atoms. The molecular weight excluding hydrogens is 152 g/mol. The Labute approximate surface area is 72.8 Å². The molecular formula is C8H16N4. The van der Waals surface area contributed by atoms with Crippen LogP contribution in [0.5, 0.6) is 0 Å². The highest BCUT2D eigenvalue weighted by Crippen LogP contribution is 1.88. The highest BCUT2D eigenvalue weighted by atomic mass is 15.1. The number of rotatable bonds is 6. The van der Waals surface area contributed by atoms with E-state index < -0.39 is 0 Å². The lowest BCUT2D eigenvalue weighted by atomic mass is 10.4. The Balaban J connectivity index is 1.96. The molecule has 1 aromatic heterocycles. The van der Waals surface area contributed by atoms with Gasteiger partial charge in [-0.25, -0.2) is 0 Å². The van der Waals surface area contributed by atoms with E-state index >= 15 is 0 Å². The maximum absolute atomic E-state index is 3.86. The summed E-state index contributed by atoms with van der Waals surface area (Å²) in [6, 6.07) is 1.97. The fourth-order valence-corrected chi connectivity index (χ4v) is 0.960. The van der Waals surface area contributed by atoms with E-state index in [-0.39, 0.29) is 0 Å².